The first-order valence-electron chi connectivity index (χ1n) is 10.0. The molecule has 0 saturated heterocycles. The average Bonchev–Trinajstić information content (AvgIpc) is 2.71. The van der Waals surface area contributed by atoms with Gasteiger partial charge in [0.05, 0.1) is 6.61 Å². The molecule has 5 nitrogen and oxygen atoms in total. The SMILES string of the molecule is CCOC(=O)CCCCCCCN(C(=O)c1ccc(Cl)cc1)c1ccc(O)cc1. The second-order valence-electron chi connectivity index (χ2n) is 6.80. The maximum Gasteiger partial charge on any atom is 0.305 e. The van der Waals surface area contributed by atoms with Gasteiger partial charge in [0.2, 0.25) is 0 Å². The molecule has 0 aliphatic rings. The highest BCUT2D eigenvalue weighted by Crippen LogP contribution is 2.22. The van der Waals surface area contributed by atoms with Crippen molar-refractivity contribution in [1.29, 1.82) is 0 Å². The Morgan fingerprint density at radius 3 is 2.21 bits per heavy atom. The Labute approximate surface area is 177 Å². The molecule has 29 heavy (non-hydrogen) atoms. The molecule has 0 aromatic heterocycles. The number of hydrogen-bond donors (Lipinski definition) is 1. The van der Waals surface area contributed by atoms with Crippen LogP contribution in [-0.4, -0.2) is 30.1 Å². The quantitative estimate of drug-likeness (QED) is 0.382. The fourth-order valence-corrected chi connectivity index (χ4v) is 3.16. The van der Waals surface area contributed by atoms with Gasteiger partial charge in [0.25, 0.3) is 5.91 Å². The number of carbonyl (C=O) groups excluding carboxylic acids is 2. The topological polar surface area (TPSA) is 66.8 Å². The average molecular weight is 418 g/mol. The Morgan fingerprint density at radius 2 is 1.55 bits per heavy atom. The van der Waals surface area contributed by atoms with Crippen LogP contribution in [0.25, 0.3) is 0 Å². The number of halogens is 1. The van der Waals surface area contributed by atoms with Gasteiger partial charge in [-0.1, -0.05) is 30.9 Å². The number of benzene rings is 2. The lowest BCUT2D eigenvalue weighted by Gasteiger charge is -2.23. The zero-order valence-electron chi connectivity index (χ0n) is 16.8. The molecule has 2 aromatic rings. The van der Waals surface area contributed by atoms with E-state index in [9.17, 15) is 14.7 Å². The molecule has 0 aliphatic carbocycles. The van der Waals surface area contributed by atoms with Gasteiger partial charge in [0.1, 0.15) is 5.75 Å². The molecule has 0 radical (unpaired) electrons. The first-order chi connectivity index (χ1) is 14.0. The minimum atomic E-state index is -0.139. The number of nitrogens with zero attached hydrogens (tertiary/aromatic N) is 1. The van der Waals surface area contributed by atoms with Gasteiger partial charge in [0, 0.05) is 29.2 Å². The highest BCUT2D eigenvalue weighted by atomic mass is 35.5. The third-order valence-corrected chi connectivity index (χ3v) is 4.82. The van der Waals surface area contributed by atoms with E-state index in [1.807, 2.05) is 6.92 Å². The number of phenolic OH excluding ortho intramolecular Hbond substituents is 1. The Morgan fingerprint density at radius 1 is 0.931 bits per heavy atom. The second-order valence-corrected chi connectivity index (χ2v) is 7.24. The summed E-state index contributed by atoms with van der Waals surface area (Å²) in [6.45, 7) is 2.81. The van der Waals surface area contributed by atoms with E-state index < -0.39 is 0 Å². The van der Waals surface area contributed by atoms with Crippen LogP contribution in [0.4, 0.5) is 5.69 Å². The molecule has 0 fully saturated rings. The lowest BCUT2D eigenvalue weighted by Crippen LogP contribution is -2.31. The zero-order valence-corrected chi connectivity index (χ0v) is 17.5. The van der Waals surface area contributed by atoms with Crippen LogP contribution in [0.15, 0.2) is 48.5 Å². The lowest BCUT2D eigenvalue weighted by atomic mass is 10.1. The van der Waals surface area contributed by atoms with Gasteiger partial charge in [-0.3, -0.25) is 9.59 Å². The summed E-state index contributed by atoms with van der Waals surface area (Å²) in [7, 11) is 0. The number of esters is 1. The van der Waals surface area contributed by atoms with Crippen molar-refractivity contribution in [3.63, 3.8) is 0 Å². The highest BCUT2D eigenvalue weighted by molar-refractivity contribution is 6.30. The van der Waals surface area contributed by atoms with E-state index in [-0.39, 0.29) is 17.6 Å². The summed E-state index contributed by atoms with van der Waals surface area (Å²) in [6, 6.07) is 13.5. The molecular weight excluding hydrogens is 390 g/mol. The van der Waals surface area contributed by atoms with Gasteiger partial charge < -0.3 is 14.7 Å². The van der Waals surface area contributed by atoms with Crippen molar-refractivity contribution in [1.82, 2.24) is 0 Å². The number of anilines is 1. The molecule has 0 bridgehead atoms. The van der Waals surface area contributed by atoms with E-state index in [1.54, 1.807) is 53.4 Å². The number of unbranched alkanes of at least 4 members (excludes halogenated alkanes) is 4. The summed E-state index contributed by atoms with van der Waals surface area (Å²) in [4.78, 5) is 26.1. The fraction of sp³-hybridized carbons (Fsp3) is 0.391. The van der Waals surface area contributed by atoms with Crippen molar-refractivity contribution < 1.29 is 19.4 Å². The number of rotatable bonds is 11. The first-order valence-corrected chi connectivity index (χ1v) is 10.4. The van der Waals surface area contributed by atoms with Gasteiger partial charge in [0.15, 0.2) is 0 Å². The maximum absolute atomic E-state index is 13.0. The normalized spacial score (nSPS) is 10.6. The predicted octanol–water partition coefficient (Wildman–Crippen LogP) is 5.60. The van der Waals surface area contributed by atoms with Crippen molar-refractivity contribution in [2.75, 3.05) is 18.1 Å². The summed E-state index contributed by atoms with van der Waals surface area (Å²) in [5, 5.41) is 10.1. The van der Waals surface area contributed by atoms with Crippen molar-refractivity contribution in [2.24, 2.45) is 0 Å². The molecule has 6 heteroatoms. The third-order valence-electron chi connectivity index (χ3n) is 4.57. The second kappa shape index (κ2) is 12.1. The van der Waals surface area contributed by atoms with E-state index >= 15 is 0 Å². The monoisotopic (exact) mass is 417 g/mol. The number of phenols is 1. The van der Waals surface area contributed by atoms with Gasteiger partial charge >= 0.3 is 5.97 Å². The number of ether oxygens (including phenoxy) is 1. The molecule has 156 valence electrons. The van der Waals surface area contributed by atoms with Gasteiger partial charge in [-0.2, -0.15) is 0 Å². The van der Waals surface area contributed by atoms with Crippen molar-refractivity contribution >= 4 is 29.2 Å². The Kier molecular flexibility index (Phi) is 9.51. The molecule has 0 unspecified atom stereocenters. The van der Waals surface area contributed by atoms with Crippen LogP contribution in [0.2, 0.25) is 5.02 Å². The molecular formula is C23H28ClNO4. The summed E-state index contributed by atoms with van der Waals surface area (Å²) < 4.78 is 4.93. The molecule has 2 rings (SSSR count). The van der Waals surface area contributed by atoms with E-state index in [1.165, 1.54) is 0 Å². The molecule has 0 saturated carbocycles. The minimum Gasteiger partial charge on any atom is -0.508 e. The van der Waals surface area contributed by atoms with Crippen molar-refractivity contribution in [3.05, 3.63) is 59.1 Å². The Bertz CT molecular complexity index is 774. The van der Waals surface area contributed by atoms with Crippen LogP contribution in [0, 0.1) is 0 Å². The number of hydrogen-bond acceptors (Lipinski definition) is 4. The van der Waals surface area contributed by atoms with Gasteiger partial charge in [-0.05, 0) is 68.3 Å². The van der Waals surface area contributed by atoms with Crippen LogP contribution >= 0.6 is 11.6 Å². The van der Waals surface area contributed by atoms with E-state index in [2.05, 4.69) is 0 Å². The smallest absolute Gasteiger partial charge is 0.305 e. The lowest BCUT2D eigenvalue weighted by molar-refractivity contribution is -0.143. The van der Waals surface area contributed by atoms with Crippen LogP contribution in [0.3, 0.4) is 0 Å². The molecule has 2 aromatic carbocycles. The molecule has 0 heterocycles. The number of aromatic hydroxyl groups is 1. The summed E-state index contributed by atoms with van der Waals surface area (Å²) in [6.07, 6.45) is 5.05. The van der Waals surface area contributed by atoms with E-state index in [0.29, 0.717) is 30.2 Å². The third kappa shape index (κ3) is 7.78. The zero-order chi connectivity index (χ0) is 21.1. The summed E-state index contributed by atoms with van der Waals surface area (Å²) >= 11 is 5.93. The largest absolute Gasteiger partial charge is 0.508 e. The Hall–Kier alpha value is -2.53. The summed E-state index contributed by atoms with van der Waals surface area (Å²) in [5.41, 5.74) is 1.31. The van der Waals surface area contributed by atoms with Crippen LogP contribution in [0.5, 0.6) is 5.75 Å². The molecule has 0 atom stereocenters. The minimum absolute atomic E-state index is 0.102. The number of carbonyl (C=O) groups is 2. The van der Waals surface area contributed by atoms with Crippen LogP contribution < -0.4 is 4.90 Å². The van der Waals surface area contributed by atoms with Crippen LogP contribution in [-0.2, 0) is 9.53 Å². The Balaban J connectivity index is 1.89. The maximum atomic E-state index is 13.0. The van der Waals surface area contributed by atoms with E-state index in [0.717, 1.165) is 37.8 Å². The van der Waals surface area contributed by atoms with Gasteiger partial charge in [-0.15, -0.1) is 0 Å². The highest BCUT2D eigenvalue weighted by Gasteiger charge is 2.17. The number of amides is 1. The summed E-state index contributed by atoms with van der Waals surface area (Å²) in [5.74, 6) is -0.0801. The fourth-order valence-electron chi connectivity index (χ4n) is 3.03. The predicted molar refractivity (Wildman–Crippen MR) is 116 cm³/mol. The van der Waals surface area contributed by atoms with Crippen molar-refractivity contribution in [3.8, 4) is 5.75 Å². The molecule has 0 aliphatic heterocycles. The standard InChI is InChI=1S/C23H28ClNO4/c1-2-29-22(27)8-6-4-3-5-7-17-25(20-13-15-21(26)16-14-20)23(28)18-9-11-19(24)12-10-18/h9-16,26H,2-8,17H2,1H3. The molecule has 1 amide bonds. The van der Waals surface area contributed by atoms with Gasteiger partial charge in [-0.25, -0.2) is 0 Å². The van der Waals surface area contributed by atoms with Crippen LogP contribution in [0.1, 0.15) is 55.8 Å². The molecule has 1 N–H and O–H groups in total. The molecule has 0 spiro atoms. The van der Waals surface area contributed by atoms with E-state index in [4.69, 9.17) is 16.3 Å². The van der Waals surface area contributed by atoms with Crippen molar-refractivity contribution in [2.45, 2.75) is 45.4 Å². The first kappa shape index (κ1) is 22.8.